The number of nitrogens with one attached hydrogen (secondary N) is 1. The molecule has 1 N–H and O–H groups in total. The first-order chi connectivity index (χ1) is 13.2. The van der Waals surface area contributed by atoms with Gasteiger partial charge in [0.25, 0.3) is 5.56 Å². The molecule has 1 aromatic carbocycles. The predicted molar refractivity (Wildman–Crippen MR) is 106 cm³/mol. The molecule has 0 fully saturated rings. The van der Waals surface area contributed by atoms with Gasteiger partial charge in [-0.25, -0.2) is 4.98 Å². The van der Waals surface area contributed by atoms with Gasteiger partial charge in [-0.3, -0.25) is 9.69 Å². The second-order valence-electron chi connectivity index (χ2n) is 6.42. The zero-order chi connectivity index (χ0) is 18.8. The van der Waals surface area contributed by atoms with E-state index in [1.54, 1.807) is 25.6 Å². The molecule has 140 valence electrons. The van der Waals surface area contributed by atoms with E-state index in [-0.39, 0.29) is 5.56 Å². The van der Waals surface area contributed by atoms with Crippen LogP contribution in [-0.2, 0) is 19.5 Å². The Balaban J connectivity index is 1.60. The Labute approximate surface area is 161 Å². The molecule has 0 aliphatic carbocycles. The third-order valence-electron chi connectivity index (χ3n) is 4.81. The Bertz CT molecular complexity index is 976. The average Bonchev–Trinajstić information content (AvgIpc) is 3.23. The van der Waals surface area contributed by atoms with Crippen molar-refractivity contribution >= 4 is 11.3 Å². The third kappa shape index (κ3) is 3.48. The molecule has 2 aromatic heterocycles. The summed E-state index contributed by atoms with van der Waals surface area (Å²) in [6.07, 6.45) is 0.745. The number of aromatic amines is 1. The Morgan fingerprint density at radius 2 is 1.96 bits per heavy atom. The fourth-order valence-electron chi connectivity index (χ4n) is 3.45. The Morgan fingerprint density at radius 3 is 2.63 bits per heavy atom. The zero-order valence-corrected chi connectivity index (χ0v) is 16.1. The van der Waals surface area contributed by atoms with Gasteiger partial charge in [0.15, 0.2) is 5.82 Å². The molecular weight excluding hydrogens is 362 g/mol. The maximum absolute atomic E-state index is 12.7. The molecule has 0 atom stereocenters. The van der Waals surface area contributed by atoms with Gasteiger partial charge < -0.3 is 14.5 Å². The van der Waals surface area contributed by atoms with Crippen LogP contribution < -0.4 is 15.0 Å². The lowest BCUT2D eigenvalue weighted by molar-refractivity contribution is 0.234. The molecule has 0 unspecified atom stereocenters. The van der Waals surface area contributed by atoms with E-state index < -0.39 is 0 Å². The molecule has 0 radical (unpaired) electrons. The van der Waals surface area contributed by atoms with Crippen molar-refractivity contribution in [2.75, 3.05) is 20.8 Å². The maximum Gasteiger partial charge on any atom is 0.255 e. The lowest BCUT2D eigenvalue weighted by Crippen LogP contribution is -2.35. The Kier molecular flexibility index (Phi) is 4.96. The monoisotopic (exact) mass is 383 g/mol. The van der Waals surface area contributed by atoms with Gasteiger partial charge in [0, 0.05) is 26.1 Å². The van der Waals surface area contributed by atoms with Gasteiger partial charge in [-0.15, -0.1) is 11.3 Å². The zero-order valence-electron chi connectivity index (χ0n) is 15.3. The lowest BCUT2D eigenvalue weighted by atomic mass is 10.1. The van der Waals surface area contributed by atoms with Crippen molar-refractivity contribution in [3.8, 4) is 22.2 Å². The number of thiophene rings is 1. The van der Waals surface area contributed by atoms with E-state index >= 15 is 0 Å². The topological polar surface area (TPSA) is 67.5 Å². The van der Waals surface area contributed by atoms with Gasteiger partial charge >= 0.3 is 0 Å². The summed E-state index contributed by atoms with van der Waals surface area (Å²) in [6, 6.07) is 9.70. The normalized spacial score (nSPS) is 14.0. The number of methoxy groups -OCH3 is 2. The number of aromatic nitrogens is 2. The number of nitrogens with zero attached hydrogens (tertiary/aromatic N) is 2. The van der Waals surface area contributed by atoms with Gasteiger partial charge in [0.2, 0.25) is 0 Å². The van der Waals surface area contributed by atoms with Crippen molar-refractivity contribution in [3.63, 3.8) is 0 Å². The molecule has 0 saturated heterocycles. The van der Waals surface area contributed by atoms with E-state index in [1.165, 1.54) is 0 Å². The molecule has 6 nitrogen and oxygen atoms in total. The van der Waals surface area contributed by atoms with Crippen LogP contribution in [0.1, 0.15) is 16.8 Å². The number of hydrogen-bond donors (Lipinski definition) is 1. The van der Waals surface area contributed by atoms with Crippen LogP contribution in [0.2, 0.25) is 0 Å². The van der Waals surface area contributed by atoms with Crippen molar-refractivity contribution in [2.24, 2.45) is 0 Å². The van der Waals surface area contributed by atoms with Crippen molar-refractivity contribution in [1.82, 2.24) is 14.9 Å². The van der Waals surface area contributed by atoms with Crippen LogP contribution >= 0.6 is 11.3 Å². The summed E-state index contributed by atoms with van der Waals surface area (Å²) in [4.78, 5) is 23.5. The van der Waals surface area contributed by atoms with Gasteiger partial charge in [-0.2, -0.15) is 0 Å². The molecule has 7 heteroatoms. The molecule has 0 spiro atoms. The SMILES string of the molecule is COc1cccc(OC)c1CN1CCc2nc(-c3cccs3)[nH]c(=O)c2C1. The van der Waals surface area contributed by atoms with Crippen LogP contribution in [0.3, 0.4) is 0 Å². The summed E-state index contributed by atoms with van der Waals surface area (Å²) in [6.45, 7) is 2.04. The molecule has 0 amide bonds. The van der Waals surface area contributed by atoms with E-state index in [4.69, 9.17) is 14.5 Å². The Morgan fingerprint density at radius 1 is 1.19 bits per heavy atom. The second kappa shape index (κ2) is 7.54. The van der Waals surface area contributed by atoms with Crippen LogP contribution in [0.15, 0.2) is 40.5 Å². The fraction of sp³-hybridized carbons (Fsp3) is 0.300. The number of ether oxygens (including phenoxy) is 2. The molecular formula is C20H21N3O3S. The smallest absolute Gasteiger partial charge is 0.255 e. The standard InChI is InChI=1S/C20H21N3O3S/c1-25-16-5-3-6-17(26-2)14(16)12-23-9-8-15-13(11-23)20(24)22-19(21-15)18-7-4-10-27-18/h3-7,10H,8-9,11-12H2,1-2H3,(H,21,22,24). The van der Waals surface area contributed by atoms with Gasteiger partial charge in [0.05, 0.1) is 35.9 Å². The van der Waals surface area contributed by atoms with Crippen LogP contribution in [-0.4, -0.2) is 35.6 Å². The summed E-state index contributed by atoms with van der Waals surface area (Å²) in [5.74, 6) is 2.24. The minimum Gasteiger partial charge on any atom is -0.496 e. The van der Waals surface area contributed by atoms with Crippen LogP contribution in [0.5, 0.6) is 11.5 Å². The van der Waals surface area contributed by atoms with E-state index in [1.807, 2.05) is 35.7 Å². The minimum atomic E-state index is -0.0555. The first-order valence-electron chi connectivity index (χ1n) is 8.77. The summed E-state index contributed by atoms with van der Waals surface area (Å²) in [5.41, 5.74) is 2.58. The largest absolute Gasteiger partial charge is 0.496 e. The van der Waals surface area contributed by atoms with Gasteiger partial charge in [0.1, 0.15) is 11.5 Å². The quantitative estimate of drug-likeness (QED) is 0.733. The highest BCUT2D eigenvalue weighted by molar-refractivity contribution is 7.13. The summed E-state index contributed by atoms with van der Waals surface area (Å²) in [5, 5.41) is 1.98. The summed E-state index contributed by atoms with van der Waals surface area (Å²) in [7, 11) is 3.31. The second-order valence-corrected chi connectivity index (χ2v) is 7.37. The van der Waals surface area contributed by atoms with Crippen molar-refractivity contribution in [3.05, 3.63) is 62.9 Å². The third-order valence-corrected chi connectivity index (χ3v) is 5.69. The molecule has 1 aliphatic rings. The Hall–Kier alpha value is -2.64. The van der Waals surface area contributed by atoms with Crippen LogP contribution in [0.25, 0.3) is 10.7 Å². The number of benzene rings is 1. The highest BCUT2D eigenvalue weighted by Gasteiger charge is 2.23. The molecule has 1 aliphatic heterocycles. The number of H-pyrrole nitrogens is 1. The minimum absolute atomic E-state index is 0.0555. The molecule has 0 bridgehead atoms. The van der Waals surface area contributed by atoms with Crippen molar-refractivity contribution in [2.45, 2.75) is 19.5 Å². The van der Waals surface area contributed by atoms with E-state index in [0.717, 1.165) is 46.2 Å². The highest BCUT2D eigenvalue weighted by Crippen LogP contribution is 2.31. The molecule has 3 aromatic rings. The van der Waals surface area contributed by atoms with E-state index in [0.29, 0.717) is 18.9 Å². The average molecular weight is 383 g/mol. The van der Waals surface area contributed by atoms with E-state index in [2.05, 4.69) is 9.88 Å². The van der Waals surface area contributed by atoms with Crippen molar-refractivity contribution in [1.29, 1.82) is 0 Å². The molecule has 0 saturated carbocycles. The summed E-state index contributed by atoms with van der Waals surface area (Å²) < 4.78 is 11.0. The van der Waals surface area contributed by atoms with Crippen molar-refractivity contribution < 1.29 is 9.47 Å². The maximum atomic E-state index is 12.7. The van der Waals surface area contributed by atoms with Gasteiger partial charge in [-0.1, -0.05) is 12.1 Å². The molecule has 3 heterocycles. The molecule has 4 rings (SSSR count). The predicted octanol–water partition coefficient (Wildman–Crippen LogP) is 3.07. The lowest BCUT2D eigenvalue weighted by Gasteiger charge is -2.28. The van der Waals surface area contributed by atoms with Crippen LogP contribution in [0.4, 0.5) is 0 Å². The first-order valence-corrected chi connectivity index (χ1v) is 9.65. The number of fused-ring (bicyclic) bond motifs is 1. The molecule has 27 heavy (non-hydrogen) atoms. The van der Waals surface area contributed by atoms with Gasteiger partial charge in [-0.05, 0) is 23.6 Å². The highest BCUT2D eigenvalue weighted by atomic mass is 32.1. The number of hydrogen-bond acceptors (Lipinski definition) is 6. The number of rotatable bonds is 5. The summed E-state index contributed by atoms with van der Waals surface area (Å²) >= 11 is 1.58. The van der Waals surface area contributed by atoms with Crippen LogP contribution in [0, 0.1) is 0 Å². The van der Waals surface area contributed by atoms with E-state index in [9.17, 15) is 4.79 Å². The fourth-order valence-corrected chi connectivity index (χ4v) is 4.12. The first kappa shape index (κ1) is 17.8.